The van der Waals surface area contributed by atoms with Crippen LogP contribution in [0.5, 0.6) is 0 Å². The van der Waals surface area contributed by atoms with Crippen molar-refractivity contribution in [1.29, 1.82) is 0 Å². The van der Waals surface area contributed by atoms with E-state index in [0.29, 0.717) is 5.02 Å². The molecule has 0 radical (unpaired) electrons. The van der Waals surface area contributed by atoms with Crippen LogP contribution in [-0.4, -0.2) is 35.1 Å². The van der Waals surface area contributed by atoms with E-state index in [1.165, 1.54) is 12.3 Å². The molecule has 1 aromatic rings. The third-order valence-electron chi connectivity index (χ3n) is 1.66. The number of amides is 1. The van der Waals surface area contributed by atoms with Crippen LogP contribution in [0, 0.1) is 0 Å². The fourth-order valence-corrected chi connectivity index (χ4v) is 1.04. The van der Waals surface area contributed by atoms with E-state index in [4.69, 9.17) is 16.7 Å². The van der Waals surface area contributed by atoms with Gasteiger partial charge in [0, 0.05) is 12.7 Å². The summed E-state index contributed by atoms with van der Waals surface area (Å²) in [5.74, 6) is -0.596. The van der Waals surface area contributed by atoms with Crippen LogP contribution in [0.1, 0.15) is 10.5 Å². The lowest BCUT2D eigenvalue weighted by Crippen LogP contribution is -2.35. The number of hydrogen-bond donors (Lipinski definition) is 3. The molecule has 15 heavy (non-hydrogen) atoms. The highest BCUT2D eigenvalue weighted by Crippen LogP contribution is 2.09. The molecule has 0 aromatic carbocycles. The van der Waals surface area contributed by atoms with Gasteiger partial charge in [0.2, 0.25) is 0 Å². The molecule has 0 aliphatic heterocycles. The Balaban J connectivity index is 2.43. The van der Waals surface area contributed by atoms with Crippen molar-refractivity contribution in [2.75, 3.05) is 6.54 Å². The zero-order chi connectivity index (χ0) is 11.4. The Morgan fingerprint density at radius 1 is 1.67 bits per heavy atom. The molecule has 1 rings (SSSR count). The standard InChI is InChI=1S/C8H9ClF2N2O2/c9-4-1-5(12-2-4)8(15)13-3-6(14)7(10)11/h1-2,6-7,12,14H,3H2,(H,13,15). The van der Waals surface area contributed by atoms with Crippen LogP contribution in [0.2, 0.25) is 5.02 Å². The zero-order valence-corrected chi connectivity index (χ0v) is 8.26. The van der Waals surface area contributed by atoms with Crippen LogP contribution < -0.4 is 5.32 Å². The molecule has 84 valence electrons. The van der Waals surface area contributed by atoms with Gasteiger partial charge in [0.1, 0.15) is 11.8 Å². The van der Waals surface area contributed by atoms with Crippen molar-refractivity contribution in [3.8, 4) is 0 Å². The van der Waals surface area contributed by atoms with E-state index in [1.54, 1.807) is 0 Å². The summed E-state index contributed by atoms with van der Waals surface area (Å²) in [5, 5.41) is 11.2. The number of H-pyrrole nitrogens is 1. The minimum atomic E-state index is -2.88. The number of rotatable bonds is 4. The first-order chi connectivity index (χ1) is 7.00. The fraction of sp³-hybridized carbons (Fsp3) is 0.375. The van der Waals surface area contributed by atoms with Crippen molar-refractivity contribution in [2.24, 2.45) is 0 Å². The lowest BCUT2D eigenvalue weighted by molar-refractivity contribution is -0.00272. The van der Waals surface area contributed by atoms with Crippen LogP contribution in [0.4, 0.5) is 8.78 Å². The minimum absolute atomic E-state index is 0.154. The Morgan fingerprint density at radius 2 is 2.33 bits per heavy atom. The number of carbonyl (C=O) groups excluding carboxylic acids is 1. The first-order valence-electron chi connectivity index (χ1n) is 4.09. The molecular formula is C8H9ClF2N2O2. The van der Waals surface area contributed by atoms with Gasteiger partial charge in [0.25, 0.3) is 12.3 Å². The number of alkyl halides is 2. The van der Waals surface area contributed by atoms with Gasteiger partial charge in [0.15, 0.2) is 0 Å². The number of aromatic nitrogens is 1. The lowest BCUT2D eigenvalue weighted by atomic mass is 10.3. The van der Waals surface area contributed by atoms with Crippen molar-refractivity contribution >= 4 is 17.5 Å². The quantitative estimate of drug-likeness (QED) is 0.733. The number of nitrogens with one attached hydrogen (secondary N) is 2. The largest absolute Gasteiger partial charge is 0.385 e. The highest BCUT2D eigenvalue weighted by atomic mass is 35.5. The van der Waals surface area contributed by atoms with Gasteiger partial charge in [-0.1, -0.05) is 11.6 Å². The average Bonchev–Trinajstić information content (AvgIpc) is 2.60. The van der Waals surface area contributed by atoms with Gasteiger partial charge >= 0.3 is 0 Å². The molecule has 4 nitrogen and oxygen atoms in total. The third-order valence-corrected chi connectivity index (χ3v) is 1.87. The number of hydrogen-bond acceptors (Lipinski definition) is 2. The molecular weight excluding hydrogens is 230 g/mol. The number of halogens is 3. The van der Waals surface area contributed by atoms with Crippen LogP contribution in [0.25, 0.3) is 0 Å². The Kier molecular flexibility index (Phi) is 4.05. The van der Waals surface area contributed by atoms with Crippen LogP contribution >= 0.6 is 11.6 Å². The summed E-state index contributed by atoms with van der Waals surface area (Å²) in [6.45, 7) is -0.507. The van der Waals surface area contributed by atoms with Crippen LogP contribution in [-0.2, 0) is 0 Å². The maximum absolute atomic E-state index is 11.9. The van der Waals surface area contributed by atoms with Gasteiger partial charge < -0.3 is 15.4 Å². The van der Waals surface area contributed by atoms with Crippen LogP contribution in [0.3, 0.4) is 0 Å². The molecule has 1 aromatic heterocycles. The second kappa shape index (κ2) is 5.09. The molecule has 0 aliphatic rings. The van der Waals surface area contributed by atoms with Crippen molar-refractivity contribution in [1.82, 2.24) is 10.3 Å². The van der Waals surface area contributed by atoms with Crippen LogP contribution in [0.15, 0.2) is 12.3 Å². The molecule has 0 fully saturated rings. The molecule has 1 atom stereocenters. The summed E-state index contributed by atoms with van der Waals surface area (Å²) < 4.78 is 23.7. The highest BCUT2D eigenvalue weighted by molar-refractivity contribution is 6.30. The molecule has 1 heterocycles. The summed E-state index contributed by atoms with van der Waals surface area (Å²) in [6.07, 6.45) is -3.35. The second-order valence-corrected chi connectivity index (χ2v) is 3.28. The van der Waals surface area contributed by atoms with E-state index in [0.717, 1.165) is 0 Å². The Labute approximate surface area is 89.2 Å². The molecule has 0 saturated carbocycles. The molecule has 0 bridgehead atoms. The van der Waals surface area contributed by atoms with Crippen molar-refractivity contribution < 1.29 is 18.7 Å². The number of aliphatic hydroxyl groups is 1. The second-order valence-electron chi connectivity index (χ2n) is 2.84. The fourth-order valence-electron chi connectivity index (χ4n) is 0.881. The molecule has 1 amide bonds. The molecule has 0 spiro atoms. The maximum Gasteiger partial charge on any atom is 0.267 e. The SMILES string of the molecule is O=C(NCC(O)C(F)F)c1cc(Cl)c[nH]1. The summed E-state index contributed by atoms with van der Waals surface area (Å²) >= 11 is 5.54. The number of carbonyl (C=O) groups is 1. The van der Waals surface area contributed by atoms with E-state index < -0.39 is 25.0 Å². The van der Waals surface area contributed by atoms with E-state index >= 15 is 0 Å². The average molecular weight is 239 g/mol. The van der Waals surface area contributed by atoms with E-state index in [9.17, 15) is 13.6 Å². The van der Waals surface area contributed by atoms with Gasteiger partial charge in [-0.25, -0.2) is 8.78 Å². The molecule has 0 saturated heterocycles. The minimum Gasteiger partial charge on any atom is -0.385 e. The van der Waals surface area contributed by atoms with Crippen molar-refractivity contribution in [2.45, 2.75) is 12.5 Å². The van der Waals surface area contributed by atoms with Gasteiger partial charge in [0.05, 0.1) is 5.02 Å². The van der Waals surface area contributed by atoms with Gasteiger partial charge in [-0.2, -0.15) is 0 Å². The molecule has 3 N–H and O–H groups in total. The number of aromatic amines is 1. The Morgan fingerprint density at radius 3 is 2.80 bits per heavy atom. The van der Waals surface area contributed by atoms with E-state index in [1.807, 2.05) is 0 Å². The Bertz CT molecular complexity index is 343. The van der Waals surface area contributed by atoms with Crippen molar-refractivity contribution in [3.63, 3.8) is 0 Å². The molecule has 0 aliphatic carbocycles. The Hall–Kier alpha value is -1.14. The summed E-state index contributed by atoms with van der Waals surface area (Å²) in [4.78, 5) is 13.8. The normalized spacial score (nSPS) is 12.9. The zero-order valence-electron chi connectivity index (χ0n) is 7.51. The smallest absolute Gasteiger partial charge is 0.267 e. The topological polar surface area (TPSA) is 65.1 Å². The molecule has 7 heteroatoms. The van der Waals surface area contributed by atoms with E-state index in [2.05, 4.69) is 10.3 Å². The first kappa shape index (κ1) is 11.9. The van der Waals surface area contributed by atoms with E-state index in [-0.39, 0.29) is 5.69 Å². The lowest BCUT2D eigenvalue weighted by Gasteiger charge is -2.09. The van der Waals surface area contributed by atoms with Gasteiger partial charge in [-0.15, -0.1) is 0 Å². The van der Waals surface area contributed by atoms with Gasteiger partial charge in [-0.3, -0.25) is 4.79 Å². The predicted octanol–water partition coefficient (Wildman–Crippen LogP) is 1.02. The third kappa shape index (κ3) is 3.49. The van der Waals surface area contributed by atoms with Crippen molar-refractivity contribution in [3.05, 3.63) is 23.0 Å². The monoisotopic (exact) mass is 238 g/mol. The highest BCUT2D eigenvalue weighted by Gasteiger charge is 2.18. The van der Waals surface area contributed by atoms with Gasteiger partial charge in [-0.05, 0) is 6.07 Å². The molecule has 1 unspecified atom stereocenters. The predicted molar refractivity (Wildman–Crippen MR) is 50.1 cm³/mol. The maximum atomic E-state index is 11.9. The number of aliphatic hydroxyl groups excluding tert-OH is 1. The summed E-state index contributed by atoms with van der Waals surface area (Å²) in [6, 6.07) is 1.35. The summed E-state index contributed by atoms with van der Waals surface area (Å²) in [5.41, 5.74) is 0.154. The summed E-state index contributed by atoms with van der Waals surface area (Å²) in [7, 11) is 0. The first-order valence-corrected chi connectivity index (χ1v) is 4.47.